The Morgan fingerprint density at radius 1 is 1.18 bits per heavy atom. The first kappa shape index (κ1) is 18.3. The van der Waals surface area contributed by atoms with Gasteiger partial charge in [-0.3, -0.25) is 4.79 Å². The second-order valence-corrected chi connectivity index (χ2v) is 6.90. The van der Waals surface area contributed by atoms with Crippen molar-refractivity contribution in [2.75, 3.05) is 13.7 Å². The number of hydrogen-bond donors (Lipinski definition) is 0. The summed E-state index contributed by atoms with van der Waals surface area (Å²) < 4.78 is 32.7. The number of carbonyl (C=O) groups is 2. The summed E-state index contributed by atoms with van der Waals surface area (Å²) in [7, 11) is 1.27. The topological polar surface area (TPSA) is 81.6 Å². The number of para-hydroxylation sites is 1. The number of methoxy groups -OCH3 is 1. The SMILES string of the molecule is COC(=O)[C@H]1C[C@@H](Oc2ccccc2F)CN1C(=O)c1ccc2nsnc2c1. The lowest BCUT2D eigenvalue weighted by Gasteiger charge is -2.22. The van der Waals surface area contributed by atoms with E-state index in [-0.39, 0.29) is 24.6 Å². The summed E-state index contributed by atoms with van der Waals surface area (Å²) in [6, 6.07) is 10.2. The molecule has 4 rings (SSSR count). The summed E-state index contributed by atoms with van der Waals surface area (Å²) in [6.45, 7) is 0.139. The van der Waals surface area contributed by atoms with Crippen molar-refractivity contribution in [3.05, 3.63) is 53.8 Å². The fourth-order valence-electron chi connectivity index (χ4n) is 3.27. The largest absolute Gasteiger partial charge is 0.485 e. The van der Waals surface area contributed by atoms with Crippen LogP contribution in [0.2, 0.25) is 0 Å². The summed E-state index contributed by atoms with van der Waals surface area (Å²) in [5.41, 5.74) is 1.71. The Morgan fingerprint density at radius 2 is 1.96 bits per heavy atom. The number of benzene rings is 2. The summed E-state index contributed by atoms with van der Waals surface area (Å²) in [5.74, 6) is -1.29. The fourth-order valence-corrected chi connectivity index (χ4v) is 3.78. The van der Waals surface area contributed by atoms with E-state index in [1.807, 2.05) is 0 Å². The molecule has 28 heavy (non-hydrogen) atoms. The zero-order valence-electron chi connectivity index (χ0n) is 14.9. The normalized spacial score (nSPS) is 19.0. The minimum Gasteiger partial charge on any atom is -0.485 e. The van der Waals surface area contributed by atoms with Gasteiger partial charge in [-0.15, -0.1) is 0 Å². The molecule has 1 aliphatic rings. The van der Waals surface area contributed by atoms with Crippen LogP contribution in [0, 0.1) is 5.82 Å². The van der Waals surface area contributed by atoms with E-state index in [1.54, 1.807) is 30.3 Å². The zero-order chi connectivity index (χ0) is 19.7. The summed E-state index contributed by atoms with van der Waals surface area (Å²) in [4.78, 5) is 26.7. The van der Waals surface area contributed by atoms with Crippen LogP contribution in [0.25, 0.3) is 11.0 Å². The van der Waals surface area contributed by atoms with Crippen molar-refractivity contribution in [2.45, 2.75) is 18.6 Å². The Labute approximate surface area is 164 Å². The summed E-state index contributed by atoms with van der Waals surface area (Å²) >= 11 is 1.06. The molecule has 2 aromatic carbocycles. The average Bonchev–Trinajstić information content (AvgIpc) is 3.35. The minimum atomic E-state index is -0.807. The second kappa shape index (κ2) is 7.51. The van der Waals surface area contributed by atoms with Gasteiger partial charge in [0, 0.05) is 12.0 Å². The van der Waals surface area contributed by atoms with Gasteiger partial charge in [-0.25, -0.2) is 9.18 Å². The molecule has 1 saturated heterocycles. The Hall–Kier alpha value is -3.07. The lowest BCUT2D eigenvalue weighted by atomic mass is 10.1. The highest BCUT2D eigenvalue weighted by Crippen LogP contribution is 2.27. The van der Waals surface area contributed by atoms with E-state index in [0.29, 0.717) is 16.6 Å². The van der Waals surface area contributed by atoms with Gasteiger partial charge >= 0.3 is 5.97 Å². The van der Waals surface area contributed by atoms with Gasteiger partial charge in [-0.05, 0) is 30.3 Å². The third kappa shape index (κ3) is 3.40. The standard InChI is InChI=1S/C19H16FN3O4S/c1-26-19(25)16-9-12(27-17-5-3-2-4-13(17)20)10-23(16)18(24)11-6-7-14-15(8-11)22-28-21-14/h2-8,12,16H,9-10H2,1H3/t12-,16-/m1/s1. The van der Waals surface area contributed by atoms with Gasteiger partial charge < -0.3 is 14.4 Å². The number of aromatic nitrogens is 2. The molecule has 1 aromatic heterocycles. The van der Waals surface area contributed by atoms with Crippen LogP contribution in [0.4, 0.5) is 4.39 Å². The molecule has 144 valence electrons. The number of halogens is 1. The molecular weight excluding hydrogens is 385 g/mol. The predicted molar refractivity (Wildman–Crippen MR) is 99.7 cm³/mol. The van der Waals surface area contributed by atoms with Crippen molar-refractivity contribution in [1.82, 2.24) is 13.6 Å². The minimum absolute atomic E-state index is 0.0837. The number of likely N-dealkylation sites (tertiary alicyclic amines) is 1. The molecule has 1 amide bonds. The zero-order valence-corrected chi connectivity index (χ0v) is 15.7. The van der Waals surface area contributed by atoms with Crippen LogP contribution in [0.5, 0.6) is 5.75 Å². The van der Waals surface area contributed by atoms with Crippen LogP contribution in [-0.4, -0.2) is 51.3 Å². The highest BCUT2D eigenvalue weighted by molar-refractivity contribution is 7.00. The van der Waals surface area contributed by atoms with Gasteiger partial charge in [0.05, 0.1) is 25.4 Å². The van der Waals surface area contributed by atoms with Crippen LogP contribution < -0.4 is 4.74 Å². The highest BCUT2D eigenvalue weighted by atomic mass is 32.1. The van der Waals surface area contributed by atoms with Crippen LogP contribution in [-0.2, 0) is 9.53 Å². The van der Waals surface area contributed by atoms with Crippen molar-refractivity contribution < 1.29 is 23.5 Å². The van der Waals surface area contributed by atoms with Gasteiger partial charge in [0.25, 0.3) is 5.91 Å². The van der Waals surface area contributed by atoms with Crippen LogP contribution in [0.15, 0.2) is 42.5 Å². The van der Waals surface area contributed by atoms with E-state index in [0.717, 1.165) is 11.7 Å². The van der Waals surface area contributed by atoms with E-state index in [1.165, 1.54) is 24.1 Å². The van der Waals surface area contributed by atoms with Gasteiger partial charge in [0.2, 0.25) is 0 Å². The number of nitrogens with zero attached hydrogens (tertiary/aromatic N) is 3. The molecule has 7 nitrogen and oxygen atoms in total. The van der Waals surface area contributed by atoms with Crippen molar-refractivity contribution >= 4 is 34.6 Å². The molecule has 1 fully saturated rings. The molecule has 0 spiro atoms. The molecule has 0 bridgehead atoms. The first-order valence-corrected chi connectivity index (χ1v) is 9.32. The number of amides is 1. The smallest absolute Gasteiger partial charge is 0.328 e. The van der Waals surface area contributed by atoms with Gasteiger partial charge in [-0.2, -0.15) is 8.75 Å². The number of fused-ring (bicyclic) bond motifs is 1. The molecule has 0 aliphatic carbocycles. The Kier molecular flexibility index (Phi) is 4.91. The van der Waals surface area contributed by atoms with Gasteiger partial charge in [-0.1, -0.05) is 12.1 Å². The average molecular weight is 401 g/mol. The van der Waals surface area contributed by atoms with Crippen molar-refractivity contribution in [1.29, 1.82) is 0 Å². The molecule has 0 saturated carbocycles. The maximum absolute atomic E-state index is 13.9. The van der Waals surface area contributed by atoms with Gasteiger partial charge in [0.15, 0.2) is 11.6 Å². The van der Waals surface area contributed by atoms with E-state index >= 15 is 0 Å². The molecular formula is C19H16FN3O4S. The van der Waals surface area contributed by atoms with Crippen molar-refractivity contribution in [2.24, 2.45) is 0 Å². The number of rotatable bonds is 4. The first-order chi connectivity index (χ1) is 13.6. The molecule has 9 heteroatoms. The third-order valence-corrected chi connectivity index (χ3v) is 5.18. The number of carbonyl (C=O) groups excluding carboxylic acids is 2. The van der Waals surface area contributed by atoms with Crippen LogP contribution in [0.3, 0.4) is 0 Å². The van der Waals surface area contributed by atoms with E-state index in [4.69, 9.17) is 9.47 Å². The van der Waals surface area contributed by atoms with Crippen LogP contribution >= 0.6 is 11.7 Å². The van der Waals surface area contributed by atoms with Crippen molar-refractivity contribution in [3.63, 3.8) is 0 Å². The molecule has 0 N–H and O–H groups in total. The summed E-state index contributed by atoms with van der Waals surface area (Å²) in [5, 5.41) is 0. The lowest BCUT2D eigenvalue weighted by molar-refractivity contribution is -0.145. The first-order valence-electron chi connectivity index (χ1n) is 8.59. The second-order valence-electron chi connectivity index (χ2n) is 6.37. The fraction of sp³-hybridized carbons (Fsp3) is 0.263. The number of ether oxygens (including phenoxy) is 2. The maximum Gasteiger partial charge on any atom is 0.328 e. The molecule has 0 unspecified atom stereocenters. The van der Waals surface area contributed by atoms with E-state index in [2.05, 4.69) is 8.75 Å². The van der Waals surface area contributed by atoms with Crippen molar-refractivity contribution in [3.8, 4) is 5.75 Å². The Balaban J connectivity index is 1.58. The predicted octanol–water partition coefficient (Wildman–Crippen LogP) is 2.67. The quantitative estimate of drug-likeness (QED) is 0.625. The summed E-state index contributed by atoms with van der Waals surface area (Å²) in [6.07, 6.45) is -0.317. The molecule has 2 heterocycles. The number of hydrogen-bond acceptors (Lipinski definition) is 7. The Bertz CT molecular complexity index is 1040. The van der Waals surface area contributed by atoms with E-state index in [9.17, 15) is 14.0 Å². The number of esters is 1. The molecule has 3 aromatic rings. The monoisotopic (exact) mass is 401 g/mol. The third-order valence-electron chi connectivity index (χ3n) is 4.63. The Morgan fingerprint density at radius 3 is 2.75 bits per heavy atom. The van der Waals surface area contributed by atoms with E-state index < -0.39 is 23.9 Å². The van der Waals surface area contributed by atoms with Crippen LogP contribution in [0.1, 0.15) is 16.8 Å². The van der Waals surface area contributed by atoms with Gasteiger partial charge in [0.1, 0.15) is 23.2 Å². The molecule has 1 aliphatic heterocycles. The molecule has 2 atom stereocenters. The highest BCUT2D eigenvalue weighted by Gasteiger charge is 2.42. The molecule has 0 radical (unpaired) electrons. The maximum atomic E-state index is 13.9. The lowest BCUT2D eigenvalue weighted by Crippen LogP contribution is -2.41.